The first-order valence-electron chi connectivity index (χ1n) is 8.50. The van der Waals surface area contributed by atoms with Crippen molar-refractivity contribution in [1.82, 2.24) is 9.97 Å². The lowest BCUT2D eigenvalue weighted by molar-refractivity contribution is 0.0635. The normalized spacial score (nSPS) is 11.1. The molecule has 3 rings (SSSR count). The number of hydrogen-bond donors (Lipinski definition) is 2. The van der Waals surface area contributed by atoms with E-state index in [4.69, 9.17) is 9.47 Å². The highest BCUT2D eigenvalue weighted by molar-refractivity contribution is 5.94. The second-order valence-corrected chi connectivity index (χ2v) is 6.93. The van der Waals surface area contributed by atoms with Gasteiger partial charge in [-0.15, -0.1) is 0 Å². The summed E-state index contributed by atoms with van der Waals surface area (Å²) in [5, 5.41) is 7.85. The molecule has 0 fully saturated rings. The van der Waals surface area contributed by atoms with Crippen molar-refractivity contribution in [1.29, 1.82) is 0 Å². The first kappa shape index (κ1) is 18.4. The summed E-state index contributed by atoms with van der Waals surface area (Å²) in [6, 6.07) is 11.2. The Balaban J connectivity index is 1.82. The molecule has 0 saturated heterocycles. The first-order chi connectivity index (χ1) is 12.8. The van der Waals surface area contributed by atoms with Crippen molar-refractivity contribution in [2.24, 2.45) is 0 Å². The molecule has 2 heterocycles. The third-order valence-electron chi connectivity index (χ3n) is 3.63. The van der Waals surface area contributed by atoms with Crippen molar-refractivity contribution in [3.8, 4) is 5.75 Å². The molecule has 2 N–H and O–H groups in total. The smallest absolute Gasteiger partial charge is 0.413 e. The summed E-state index contributed by atoms with van der Waals surface area (Å²) >= 11 is 0. The summed E-state index contributed by atoms with van der Waals surface area (Å²) in [6.45, 7) is 5.41. The van der Waals surface area contributed by atoms with Gasteiger partial charge in [-0.05, 0) is 50.4 Å². The number of nitrogens with one attached hydrogen (secondary N) is 2. The van der Waals surface area contributed by atoms with Crippen LogP contribution in [0.1, 0.15) is 20.8 Å². The van der Waals surface area contributed by atoms with Crippen LogP contribution < -0.4 is 15.4 Å². The lowest BCUT2D eigenvalue weighted by Gasteiger charge is -2.19. The highest BCUT2D eigenvalue weighted by Crippen LogP contribution is 2.28. The largest absolute Gasteiger partial charge is 0.497 e. The predicted molar refractivity (Wildman–Crippen MR) is 106 cm³/mol. The number of carbonyl (C=O) groups excluding carboxylic acids is 1. The standard InChI is InChI=1S/C20H22N4O3/c1-20(2,3)27-19(25)24-17-11-14(8-10-21-17)23-18-16-12-15(26-4)6-5-13(16)7-9-22-18/h5-12H,1-4H3,(H2,21,22,23,24,25). The molecule has 1 amide bonds. The maximum Gasteiger partial charge on any atom is 0.413 e. The molecule has 7 nitrogen and oxygen atoms in total. The van der Waals surface area contributed by atoms with E-state index >= 15 is 0 Å². The Hall–Kier alpha value is -3.35. The van der Waals surface area contributed by atoms with E-state index in [0.717, 1.165) is 22.2 Å². The Labute approximate surface area is 157 Å². The summed E-state index contributed by atoms with van der Waals surface area (Å²) in [6.07, 6.45) is 2.78. The van der Waals surface area contributed by atoms with Gasteiger partial charge in [0.2, 0.25) is 0 Å². The van der Waals surface area contributed by atoms with E-state index in [1.807, 2.05) is 24.3 Å². The van der Waals surface area contributed by atoms with Crippen LogP contribution in [0.15, 0.2) is 48.8 Å². The quantitative estimate of drug-likeness (QED) is 0.694. The molecule has 0 spiro atoms. The van der Waals surface area contributed by atoms with Crippen LogP contribution in [0.2, 0.25) is 0 Å². The Morgan fingerprint density at radius 1 is 1.04 bits per heavy atom. The van der Waals surface area contributed by atoms with E-state index in [0.29, 0.717) is 11.6 Å². The van der Waals surface area contributed by atoms with Crippen molar-refractivity contribution in [3.63, 3.8) is 0 Å². The van der Waals surface area contributed by atoms with Crippen molar-refractivity contribution in [2.45, 2.75) is 26.4 Å². The molecule has 0 aliphatic carbocycles. The van der Waals surface area contributed by atoms with E-state index in [2.05, 4.69) is 20.6 Å². The molecule has 0 saturated carbocycles. The molecule has 0 aliphatic heterocycles. The molecule has 0 unspecified atom stereocenters. The number of hydrogen-bond acceptors (Lipinski definition) is 6. The van der Waals surface area contributed by atoms with Gasteiger partial charge in [0.05, 0.1) is 7.11 Å². The number of amides is 1. The van der Waals surface area contributed by atoms with E-state index in [1.165, 1.54) is 0 Å². The van der Waals surface area contributed by atoms with Gasteiger partial charge in [-0.3, -0.25) is 5.32 Å². The fraction of sp³-hybridized carbons (Fsp3) is 0.250. The molecule has 7 heteroatoms. The minimum Gasteiger partial charge on any atom is -0.497 e. The number of anilines is 3. The number of fused-ring (bicyclic) bond motifs is 1. The topological polar surface area (TPSA) is 85.4 Å². The van der Waals surface area contributed by atoms with E-state index in [1.54, 1.807) is 52.4 Å². The number of ether oxygens (including phenoxy) is 2. The number of aromatic nitrogens is 2. The lowest BCUT2D eigenvalue weighted by atomic mass is 10.1. The van der Waals surface area contributed by atoms with Gasteiger partial charge in [0.15, 0.2) is 0 Å². The number of rotatable bonds is 4. The zero-order valence-electron chi connectivity index (χ0n) is 15.7. The average Bonchev–Trinajstić information content (AvgIpc) is 2.60. The van der Waals surface area contributed by atoms with Crippen LogP contribution in [-0.2, 0) is 4.74 Å². The predicted octanol–water partition coefficient (Wildman–Crippen LogP) is 4.73. The fourth-order valence-corrected chi connectivity index (χ4v) is 2.50. The highest BCUT2D eigenvalue weighted by Gasteiger charge is 2.16. The summed E-state index contributed by atoms with van der Waals surface area (Å²) in [5.41, 5.74) is 0.158. The summed E-state index contributed by atoms with van der Waals surface area (Å²) in [4.78, 5) is 20.5. The van der Waals surface area contributed by atoms with Crippen LogP contribution in [0.25, 0.3) is 10.8 Å². The van der Waals surface area contributed by atoms with E-state index < -0.39 is 11.7 Å². The van der Waals surface area contributed by atoms with Crippen molar-refractivity contribution >= 4 is 34.2 Å². The van der Waals surface area contributed by atoms with Crippen molar-refractivity contribution in [2.75, 3.05) is 17.7 Å². The van der Waals surface area contributed by atoms with Crippen molar-refractivity contribution in [3.05, 3.63) is 48.8 Å². The van der Waals surface area contributed by atoms with Crippen molar-refractivity contribution < 1.29 is 14.3 Å². The third-order valence-corrected chi connectivity index (χ3v) is 3.63. The Morgan fingerprint density at radius 3 is 2.56 bits per heavy atom. The van der Waals surface area contributed by atoms with Gasteiger partial charge >= 0.3 is 6.09 Å². The Morgan fingerprint density at radius 2 is 1.81 bits per heavy atom. The van der Waals surface area contributed by atoms with Gasteiger partial charge in [0.1, 0.15) is 23.0 Å². The number of methoxy groups -OCH3 is 1. The maximum absolute atomic E-state index is 11.9. The summed E-state index contributed by atoms with van der Waals surface area (Å²) in [5.74, 6) is 1.81. The summed E-state index contributed by atoms with van der Waals surface area (Å²) in [7, 11) is 1.63. The van der Waals surface area contributed by atoms with Gasteiger partial charge in [0.25, 0.3) is 0 Å². The minimum absolute atomic E-state index is 0.382. The number of nitrogens with zero attached hydrogens (tertiary/aromatic N) is 2. The van der Waals surface area contributed by atoms with Crippen LogP contribution in [0.5, 0.6) is 5.75 Å². The van der Waals surface area contributed by atoms with Crippen LogP contribution in [0.3, 0.4) is 0 Å². The molecule has 3 aromatic rings. The lowest BCUT2D eigenvalue weighted by Crippen LogP contribution is -2.27. The van der Waals surface area contributed by atoms with Gasteiger partial charge in [-0.2, -0.15) is 0 Å². The highest BCUT2D eigenvalue weighted by atomic mass is 16.6. The fourth-order valence-electron chi connectivity index (χ4n) is 2.50. The maximum atomic E-state index is 11.9. The zero-order chi connectivity index (χ0) is 19.4. The molecule has 1 aromatic carbocycles. The average molecular weight is 366 g/mol. The van der Waals surface area contributed by atoms with Gasteiger partial charge in [0, 0.05) is 29.5 Å². The Kier molecular flexibility index (Phi) is 5.12. The minimum atomic E-state index is -0.578. The second kappa shape index (κ2) is 7.49. The Bertz CT molecular complexity index is 967. The summed E-state index contributed by atoms with van der Waals surface area (Å²) < 4.78 is 10.5. The zero-order valence-corrected chi connectivity index (χ0v) is 15.7. The molecule has 140 valence electrons. The molecule has 2 aromatic heterocycles. The molecule has 0 radical (unpaired) electrons. The molecule has 27 heavy (non-hydrogen) atoms. The molecule has 0 bridgehead atoms. The molecule has 0 atom stereocenters. The molecular formula is C20H22N4O3. The van der Waals surface area contributed by atoms with Crippen LogP contribution in [-0.4, -0.2) is 28.8 Å². The van der Waals surface area contributed by atoms with Crippen LogP contribution >= 0.6 is 0 Å². The van der Waals surface area contributed by atoms with Gasteiger partial charge in [-0.1, -0.05) is 6.07 Å². The van der Waals surface area contributed by atoms with Gasteiger partial charge < -0.3 is 14.8 Å². The first-order valence-corrected chi connectivity index (χ1v) is 8.50. The SMILES string of the molecule is COc1ccc2ccnc(Nc3ccnc(NC(=O)OC(C)(C)C)c3)c2c1. The monoisotopic (exact) mass is 366 g/mol. The van der Waals surface area contributed by atoms with Gasteiger partial charge in [-0.25, -0.2) is 14.8 Å². The van der Waals surface area contributed by atoms with Crippen LogP contribution in [0, 0.1) is 0 Å². The second-order valence-electron chi connectivity index (χ2n) is 6.93. The number of pyridine rings is 2. The van der Waals surface area contributed by atoms with E-state index in [-0.39, 0.29) is 0 Å². The van der Waals surface area contributed by atoms with Crippen LogP contribution in [0.4, 0.5) is 22.1 Å². The molecular weight excluding hydrogens is 344 g/mol. The third kappa shape index (κ3) is 4.84. The van der Waals surface area contributed by atoms with E-state index in [9.17, 15) is 4.79 Å². The number of carbonyl (C=O) groups is 1. The number of benzene rings is 1. The molecule has 0 aliphatic rings.